The highest BCUT2D eigenvalue weighted by Gasteiger charge is 2.49. The Morgan fingerprint density at radius 1 is 1.09 bits per heavy atom. The number of fused-ring (bicyclic) bond motifs is 3. The number of nitrogens with zero attached hydrogens (tertiary/aromatic N) is 5. The SMILES string of the molecule is C#Cc1c(F)ccc2cc(O)cc(-c3nc(OC)c4c(N5C[C@H](CO)OC[C@@](C)(O)C5)nc(OC[C@]56CCC[C@H]5N(CC5CC(OC)C5)CCC6)nc4c3F)c12. The number of phenols is 1. The minimum atomic E-state index is -1.37. The van der Waals surface area contributed by atoms with Gasteiger partial charge in [-0.25, -0.2) is 13.8 Å². The van der Waals surface area contributed by atoms with Crippen molar-refractivity contribution in [3.8, 4) is 41.2 Å². The van der Waals surface area contributed by atoms with Crippen LogP contribution in [0.25, 0.3) is 32.9 Å². The van der Waals surface area contributed by atoms with Crippen molar-refractivity contribution in [2.75, 3.05) is 65.1 Å². The normalized spacial score (nSPS) is 28.1. The van der Waals surface area contributed by atoms with Crippen LogP contribution in [0.5, 0.6) is 17.6 Å². The maximum atomic E-state index is 17.4. The third-order valence-corrected chi connectivity index (χ3v) is 12.4. The van der Waals surface area contributed by atoms with Crippen molar-refractivity contribution in [1.82, 2.24) is 19.9 Å². The minimum absolute atomic E-state index is 0.00957. The van der Waals surface area contributed by atoms with Gasteiger partial charge in [-0.05, 0) is 81.5 Å². The van der Waals surface area contributed by atoms with E-state index >= 15 is 8.78 Å². The Hall–Kier alpha value is -4.39. The zero-order chi connectivity index (χ0) is 39.4. The van der Waals surface area contributed by atoms with Gasteiger partial charge in [-0.3, -0.25) is 4.90 Å². The van der Waals surface area contributed by atoms with Crippen LogP contribution in [0.1, 0.15) is 57.4 Å². The van der Waals surface area contributed by atoms with Gasteiger partial charge in [0.1, 0.15) is 39.6 Å². The monoisotopic (exact) mass is 773 g/mol. The molecule has 298 valence electrons. The molecule has 4 aromatic rings. The number of halogens is 2. The number of aliphatic hydroxyl groups excluding tert-OH is 1. The maximum absolute atomic E-state index is 17.4. The van der Waals surface area contributed by atoms with Crippen molar-refractivity contribution >= 4 is 27.5 Å². The molecule has 0 unspecified atom stereocenters. The molecular formula is C42H49F2N5O7. The molecule has 4 heterocycles. The number of aromatic hydroxyl groups is 1. The fourth-order valence-electron chi connectivity index (χ4n) is 9.65. The molecule has 8 rings (SSSR count). The average Bonchev–Trinajstić information content (AvgIpc) is 3.54. The topological polar surface area (TPSA) is 143 Å². The predicted molar refractivity (Wildman–Crippen MR) is 206 cm³/mol. The number of hydrogen-bond donors (Lipinski definition) is 3. The summed E-state index contributed by atoms with van der Waals surface area (Å²) in [5.74, 6) is 1.29. The van der Waals surface area contributed by atoms with Crippen LogP contribution >= 0.6 is 0 Å². The van der Waals surface area contributed by atoms with Crippen molar-refractivity contribution in [2.24, 2.45) is 11.3 Å². The largest absolute Gasteiger partial charge is 0.508 e. The summed E-state index contributed by atoms with van der Waals surface area (Å²) in [7, 11) is 3.15. The van der Waals surface area contributed by atoms with Crippen molar-refractivity contribution in [1.29, 1.82) is 0 Å². The molecule has 4 atom stereocenters. The second kappa shape index (κ2) is 15.2. The Morgan fingerprint density at radius 2 is 1.89 bits per heavy atom. The molecule has 0 amide bonds. The predicted octanol–water partition coefficient (Wildman–Crippen LogP) is 5.21. The van der Waals surface area contributed by atoms with Gasteiger partial charge >= 0.3 is 6.01 Å². The van der Waals surface area contributed by atoms with Crippen molar-refractivity contribution in [3.05, 3.63) is 41.5 Å². The highest BCUT2D eigenvalue weighted by atomic mass is 19.1. The molecule has 12 nitrogen and oxygen atoms in total. The molecule has 56 heavy (non-hydrogen) atoms. The zero-order valence-electron chi connectivity index (χ0n) is 32.1. The number of anilines is 1. The highest BCUT2D eigenvalue weighted by Crippen LogP contribution is 2.49. The molecule has 2 aliphatic heterocycles. The number of benzene rings is 2. The maximum Gasteiger partial charge on any atom is 0.319 e. The summed E-state index contributed by atoms with van der Waals surface area (Å²) in [5.41, 5.74) is -2.07. The first-order chi connectivity index (χ1) is 27.0. The first-order valence-corrected chi connectivity index (χ1v) is 19.4. The molecule has 2 saturated heterocycles. The summed E-state index contributed by atoms with van der Waals surface area (Å²) in [6.45, 7) is 3.71. The molecule has 14 heteroatoms. The van der Waals surface area contributed by atoms with E-state index in [4.69, 9.17) is 30.4 Å². The summed E-state index contributed by atoms with van der Waals surface area (Å²) in [5, 5.41) is 32.9. The van der Waals surface area contributed by atoms with Crippen LogP contribution in [0.4, 0.5) is 14.6 Å². The number of β-amino-alcohol motifs (C(OH)–C–C–N with tert-alkyl or cyclic N) is 1. The fraction of sp³-hybridized carbons (Fsp3) is 0.548. The van der Waals surface area contributed by atoms with Crippen LogP contribution in [0.3, 0.4) is 0 Å². The molecule has 2 aromatic carbocycles. The number of terminal acetylenes is 1. The summed E-state index contributed by atoms with van der Waals surface area (Å²) in [6.07, 6.45) is 12.7. The van der Waals surface area contributed by atoms with Crippen LogP contribution in [0, 0.1) is 35.3 Å². The molecule has 0 bridgehead atoms. The van der Waals surface area contributed by atoms with E-state index in [1.165, 1.54) is 31.4 Å². The number of rotatable bonds is 10. The molecule has 0 spiro atoms. The number of ether oxygens (including phenoxy) is 4. The Bertz CT molecular complexity index is 2180. The fourth-order valence-corrected chi connectivity index (χ4v) is 9.65. The first kappa shape index (κ1) is 38.5. The van der Waals surface area contributed by atoms with E-state index in [0.29, 0.717) is 30.1 Å². The van der Waals surface area contributed by atoms with E-state index in [1.54, 1.807) is 18.9 Å². The number of likely N-dealkylation sites (tertiary alicyclic amines) is 1. The third kappa shape index (κ3) is 6.98. The van der Waals surface area contributed by atoms with Crippen molar-refractivity contribution < 1.29 is 43.0 Å². The number of piperidine rings is 1. The molecule has 0 radical (unpaired) electrons. The third-order valence-electron chi connectivity index (χ3n) is 12.4. The Balaban J connectivity index is 1.25. The molecule has 4 aliphatic rings. The Morgan fingerprint density at radius 3 is 2.64 bits per heavy atom. The van der Waals surface area contributed by atoms with Gasteiger partial charge in [0.2, 0.25) is 5.88 Å². The van der Waals surface area contributed by atoms with E-state index in [1.807, 2.05) is 0 Å². The molecular weight excluding hydrogens is 724 g/mol. The Kier molecular flexibility index (Phi) is 10.4. The lowest BCUT2D eigenvalue weighted by Gasteiger charge is -2.48. The van der Waals surface area contributed by atoms with Crippen LogP contribution in [-0.4, -0.2) is 119 Å². The molecule has 4 fully saturated rings. The highest BCUT2D eigenvalue weighted by molar-refractivity contribution is 6.04. The van der Waals surface area contributed by atoms with Crippen LogP contribution < -0.4 is 14.4 Å². The van der Waals surface area contributed by atoms with Crippen molar-refractivity contribution in [2.45, 2.75) is 75.7 Å². The zero-order valence-corrected chi connectivity index (χ0v) is 32.1. The average molecular weight is 774 g/mol. The van der Waals surface area contributed by atoms with Gasteiger partial charge in [-0.15, -0.1) is 6.42 Å². The number of hydrogen-bond acceptors (Lipinski definition) is 12. The second-order valence-corrected chi connectivity index (χ2v) is 16.3. The summed E-state index contributed by atoms with van der Waals surface area (Å²) < 4.78 is 56.3. The lowest BCUT2D eigenvalue weighted by atomic mass is 9.74. The van der Waals surface area contributed by atoms with E-state index in [2.05, 4.69) is 20.8 Å². The number of methoxy groups -OCH3 is 2. The lowest BCUT2D eigenvalue weighted by Crippen LogP contribution is -2.54. The standard InChI is InChI=1S/C42H49F2N5O7/c1-5-29-31(43)10-9-25-16-26(51)17-30(33(25)29)36-35(44)37-34(39(45-36)54-4)38(49-19-28(20-50)55-22-41(2,52)21-49)47-40(46-37)56-23-42-11-6-8-32(42)48(13-7-12-42)18-24-14-27(15-24)53-3/h1,9-10,16-17,24,27-28,32,50-52H,6-8,11-15,18-23H2,2-4H3/t24?,27?,28-,32-,41+,42-/m1/s1. The number of aromatic nitrogens is 3. The van der Waals surface area contributed by atoms with Gasteiger partial charge in [0, 0.05) is 42.6 Å². The number of phenolic OH excluding ortho intramolecular Hbond substituents is 1. The van der Waals surface area contributed by atoms with Crippen LogP contribution in [0.2, 0.25) is 0 Å². The van der Waals surface area contributed by atoms with Gasteiger partial charge < -0.3 is 39.2 Å². The van der Waals surface area contributed by atoms with Gasteiger partial charge in [0.05, 0.1) is 51.2 Å². The summed E-state index contributed by atoms with van der Waals surface area (Å²) in [4.78, 5) is 18.5. The van der Waals surface area contributed by atoms with E-state index < -0.39 is 23.3 Å². The molecule has 2 saturated carbocycles. The Labute approximate surface area is 324 Å². The quantitative estimate of drug-likeness (QED) is 0.182. The lowest BCUT2D eigenvalue weighted by molar-refractivity contribution is -0.0528. The van der Waals surface area contributed by atoms with E-state index in [9.17, 15) is 15.3 Å². The van der Waals surface area contributed by atoms with E-state index in [0.717, 1.165) is 58.0 Å². The second-order valence-electron chi connectivity index (χ2n) is 16.3. The van der Waals surface area contributed by atoms with Gasteiger partial charge in [-0.2, -0.15) is 9.97 Å². The molecule has 2 aromatic heterocycles. The van der Waals surface area contributed by atoms with Gasteiger partial charge in [0.15, 0.2) is 5.82 Å². The molecule has 2 aliphatic carbocycles. The van der Waals surface area contributed by atoms with E-state index in [-0.39, 0.29) is 88.3 Å². The number of aliphatic hydroxyl groups is 2. The van der Waals surface area contributed by atoms with Gasteiger partial charge in [-0.1, -0.05) is 18.4 Å². The van der Waals surface area contributed by atoms with Gasteiger partial charge in [0.25, 0.3) is 0 Å². The first-order valence-electron chi connectivity index (χ1n) is 19.4. The van der Waals surface area contributed by atoms with Crippen LogP contribution in [0.15, 0.2) is 24.3 Å². The van der Waals surface area contributed by atoms with Crippen molar-refractivity contribution in [3.63, 3.8) is 0 Å². The van der Waals surface area contributed by atoms with Crippen LogP contribution in [-0.2, 0) is 9.47 Å². The summed E-state index contributed by atoms with van der Waals surface area (Å²) in [6, 6.07) is 5.59. The minimum Gasteiger partial charge on any atom is -0.508 e. The molecule has 3 N–H and O–H groups in total. The summed E-state index contributed by atoms with van der Waals surface area (Å²) >= 11 is 0. The number of pyridine rings is 1. The smallest absolute Gasteiger partial charge is 0.319 e.